The summed E-state index contributed by atoms with van der Waals surface area (Å²) in [6.07, 6.45) is 6.55. The second-order valence-corrected chi connectivity index (χ2v) is 8.90. The number of ether oxygens (including phenoxy) is 2. The second kappa shape index (κ2) is 12.0. The lowest BCUT2D eigenvalue weighted by atomic mass is 9.83. The number of carbonyl (C=O) groups is 2. The van der Waals surface area contributed by atoms with E-state index >= 15 is 0 Å². The van der Waals surface area contributed by atoms with E-state index in [0.717, 1.165) is 31.2 Å². The summed E-state index contributed by atoms with van der Waals surface area (Å²) in [6, 6.07) is 10.2. The van der Waals surface area contributed by atoms with E-state index in [1.165, 1.54) is 31.9 Å². The third-order valence-corrected chi connectivity index (χ3v) is 6.10. The molecule has 1 aromatic carbocycles. The molecule has 0 spiro atoms. The molecular weight excluding hydrogens is 374 g/mol. The zero-order chi connectivity index (χ0) is 20.4. The Morgan fingerprint density at radius 2 is 1.82 bits per heavy atom. The standard InChI is InChI=1S/C22H33NO4S/c1-16(2)14-20(21(24)26-3)28-23-22(25)27-19(18-12-8-5-9-13-18)15-17-10-6-4-7-11-17/h4,6-7,10-11,16,18-20H,5,8-9,12-15H2,1-3H3,(H,23,25)/t19?,20-/m0/s1. The predicted octanol–water partition coefficient (Wildman–Crippen LogP) is 5.14. The van der Waals surface area contributed by atoms with Crippen LogP contribution < -0.4 is 4.72 Å². The van der Waals surface area contributed by atoms with E-state index in [4.69, 9.17) is 9.47 Å². The molecule has 2 rings (SSSR count). The zero-order valence-corrected chi connectivity index (χ0v) is 18.0. The van der Waals surface area contributed by atoms with E-state index in [9.17, 15) is 9.59 Å². The summed E-state index contributed by atoms with van der Waals surface area (Å²) < 4.78 is 13.4. The van der Waals surface area contributed by atoms with E-state index < -0.39 is 11.3 Å². The van der Waals surface area contributed by atoms with Crippen molar-refractivity contribution >= 4 is 24.0 Å². The Kier molecular flexibility index (Phi) is 9.68. The van der Waals surface area contributed by atoms with Gasteiger partial charge in [-0.05, 0) is 48.6 Å². The number of hydrogen-bond acceptors (Lipinski definition) is 5. The van der Waals surface area contributed by atoms with E-state index in [-0.39, 0.29) is 12.1 Å². The van der Waals surface area contributed by atoms with Gasteiger partial charge in [0.1, 0.15) is 11.4 Å². The number of hydrogen-bond donors (Lipinski definition) is 1. The first kappa shape index (κ1) is 22.6. The fraction of sp³-hybridized carbons (Fsp3) is 0.636. The van der Waals surface area contributed by atoms with Gasteiger partial charge in [0.2, 0.25) is 0 Å². The number of esters is 1. The molecule has 0 aliphatic heterocycles. The van der Waals surface area contributed by atoms with Crippen molar-refractivity contribution in [3.05, 3.63) is 35.9 Å². The monoisotopic (exact) mass is 407 g/mol. The maximum absolute atomic E-state index is 12.5. The largest absolute Gasteiger partial charge is 0.468 e. The number of rotatable bonds is 9. The van der Waals surface area contributed by atoms with Crippen LogP contribution in [0.4, 0.5) is 4.79 Å². The Morgan fingerprint density at radius 3 is 2.43 bits per heavy atom. The normalized spacial score (nSPS) is 17.0. The molecule has 156 valence electrons. The van der Waals surface area contributed by atoms with Crippen LogP contribution in [0.5, 0.6) is 0 Å². The predicted molar refractivity (Wildman–Crippen MR) is 113 cm³/mol. The van der Waals surface area contributed by atoms with Crippen LogP contribution >= 0.6 is 11.9 Å². The van der Waals surface area contributed by atoms with Gasteiger partial charge in [-0.1, -0.05) is 63.4 Å². The van der Waals surface area contributed by atoms with Gasteiger partial charge in [0.25, 0.3) is 0 Å². The SMILES string of the molecule is COC(=O)[C@H](CC(C)C)SNC(=O)OC(Cc1ccccc1)C1CCCCC1. The average molecular weight is 408 g/mol. The van der Waals surface area contributed by atoms with Crippen LogP contribution in [0.25, 0.3) is 0 Å². The van der Waals surface area contributed by atoms with Gasteiger partial charge in [-0.25, -0.2) is 4.79 Å². The van der Waals surface area contributed by atoms with Crippen molar-refractivity contribution < 1.29 is 19.1 Å². The van der Waals surface area contributed by atoms with Crippen molar-refractivity contribution in [1.29, 1.82) is 0 Å². The van der Waals surface area contributed by atoms with Gasteiger partial charge in [-0.15, -0.1) is 0 Å². The first-order chi connectivity index (χ1) is 13.5. The van der Waals surface area contributed by atoms with Crippen LogP contribution in [0.1, 0.15) is 57.9 Å². The van der Waals surface area contributed by atoms with Crippen LogP contribution in [0, 0.1) is 11.8 Å². The first-order valence-corrected chi connectivity index (χ1v) is 11.1. The molecule has 28 heavy (non-hydrogen) atoms. The summed E-state index contributed by atoms with van der Waals surface area (Å²) in [6.45, 7) is 4.07. The number of methoxy groups -OCH3 is 1. The van der Waals surface area contributed by atoms with Crippen LogP contribution in [-0.2, 0) is 20.7 Å². The smallest absolute Gasteiger partial charge is 0.417 e. The minimum Gasteiger partial charge on any atom is -0.468 e. The maximum atomic E-state index is 12.5. The maximum Gasteiger partial charge on any atom is 0.417 e. The van der Waals surface area contributed by atoms with Crippen molar-refractivity contribution in [3.8, 4) is 0 Å². The van der Waals surface area contributed by atoms with Crippen LogP contribution in [0.3, 0.4) is 0 Å². The summed E-state index contributed by atoms with van der Waals surface area (Å²) in [7, 11) is 1.37. The minimum atomic E-state index is -0.478. The van der Waals surface area contributed by atoms with E-state index in [1.807, 2.05) is 32.0 Å². The molecule has 0 saturated heterocycles. The highest BCUT2D eigenvalue weighted by Crippen LogP contribution is 2.30. The van der Waals surface area contributed by atoms with Crippen molar-refractivity contribution in [3.63, 3.8) is 0 Å². The molecule has 1 saturated carbocycles. The summed E-state index contributed by atoms with van der Waals surface area (Å²) >= 11 is 1.09. The Morgan fingerprint density at radius 1 is 1.14 bits per heavy atom. The highest BCUT2D eigenvalue weighted by atomic mass is 32.2. The highest BCUT2D eigenvalue weighted by molar-refractivity contribution is 7.99. The molecule has 0 heterocycles. The molecule has 0 radical (unpaired) electrons. The first-order valence-electron chi connectivity index (χ1n) is 10.2. The van der Waals surface area contributed by atoms with E-state index in [1.54, 1.807) is 0 Å². The molecule has 1 N–H and O–H groups in total. The van der Waals surface area contributed by atoms with Crippen LogP contribution in [0.15, 0.2) is 30.3 Å². The molecule has 1 fully saturated rings. The Hall–Kier alpha value is -1.69. The molecule has 1 aliphatic carbocycles. The van der Waals surface area contributed by atoms with Gasteiger partial charge < -0.3 is 9.47 Å². The number of carbonyl (C=O) groups excluding carboxylic acids is 2. The Balaban J connectivity index is 1.95. The lowest BCUT2D eigenvalue weighted by molar-refractivity contribution is -0.140. The summed E-state index contributed by atoms with van der Waals surface area (Å²) in [5.74, 6) is 0.381. The van der Waals surface area contributed by atoms with Crippen LogP contribution in [0.2, 0.25) is 0 Å². The molecule has 2 atom stereocenters. The van der Waals surface area contributed by atoms with Gasteiger partial charge in [0.15, 0.2) is 0 Å². The van der Waals surface area contributed by atoms with Crippen molar-refractivity contribution in [2.45, 2.75) is 70.1 Å². The summed E-state index contributed by atoms with van der Waals surface area (Å²) in [4.78, 5) is 24.4. The summed E-state index contributed by atoms with van der Waals surface area (Å²) in [5.41, 5.74) is 1.17. The van der Waals surface area contributed by atoms with E-state index in [0.29, 0.717) is 18.3 Å². The molecule has 1 unspecified atom stereocenters. The average Bonchev–Trinajstić information content (AvgIpc) is 2.71. The molecule has 6 heteroatoms. The van der Waals surface area contributed by atoms with Crippen molar-refractivity contribution in [2.75, 3.05) is 7.11 Å². The third kappa shape index (κ3) is 7.74. The zero-order valence-electron chi connectivity index (χ0n) is 17.2. The number of benzene rings is 1. The number of nitrogens with one attached hydrogen (secondary N) is 1. The molecule has 1 aliphatic rings. The molecule has 0 aromatic heterocycles. The lowest BCUT2D eigenvalue weighted by Gasteiger charge is -2.30. The third-order valence-electron chi connectivity index (χ3n) is 5.15. The lowest BCUT2D eigenvalue weighted by Crippen LogP contribution is -2.35. The Bertz CT molecular complexity index is 602. The Labute approximate surface area is 173 Å². The van der Waals surface area contributed by atoms with Gasteiger partial charge in [-0.3, -0.25) is 9.52 Å². The molecule has 1 aromatic rings. The van der Waals surface area contributed by atoms with Crippen LogP contribution in [-0.4, -0.2) is 30.5 Å². The van der Waals surface area contributed by atoms with Gasteiger partial charge in [-0.2, -0.15) is 0 Å². The van der Waals surface area contributed by atoms with Gasteiger partial charge >= 0.3 is 12.1 Å². The molecule has 1 amide bonds. The highest BCUT2D eigenvalue weighted by Gasteiger charge is 2.28. The van der Waals surface area contributed by atoms with E-state index in [2.05, 4.69) is 16.9 Å². The summed E-state index contributed by atoms with van der Waals surface area (Å²) in [5, 5.41) is -0.431. The quantitative estimate of drug-likeness (QED) is 0.453. The van der Waals surface area contributed by atoms with Crippen molar-refractivity contribution in [1.82, 2.24) is 4.72 Å². The fourth-order valence-electron chi connectivity index (χ4n) is 3.69. The molecular formula is C22H33NO4S. The topological polar surface area (TPSA) is 64.6 Å². The molecule has 0 bridgehead atoms. The van der Waals surface area contributed by atoms with Crippen molar-refractivity contribution in [2.24, 2.45) is 11.8 Å². The fourth-order valence-corrected chi connectivity index (χ4v) is 4.65. The minimum absolute atomic E-state index is 0.148. The second-order valence-electron chi connectivity index (χ2n) is 7.89. The molecule has 5 nitrogen and oxygen atoms in total. The number of amides is 1. The van der Waals surface area contributed by atoms with Gasteiger partial charge in [0.05, 0.1) is 7.11 Å². The van der Waals surface area contributed by atoms with Gasteiger partial charge in [0, 0.05) is 6.42 Å².